The maximum atomic E-state index is 11.7. The summed E-state index contributed by atoms with van der Waals surface area (Å²) in [5.41, 5.74) is 0. The predicted octanol–water partition coefficient (Wildman–Crippen LogP) is 0.608. The minimum absolute atomic E-state index is 0.159. The van der Waals surface area contributed by atoms with Crippen LogP contribution in [-0.4, -0.2) is 36.5 Å². The van der Waals surface area contributed by atoms with E-state index in [4.69, 9.17) is 0 Å². The minimum Gasteiger partial charge on any atom is -0.354 e. The van der Waals surface area contributed by atoms with Crippen molar-refractivity contribution in [1.82, 2.24) is 10.6 Å². The number of likely N-dealkylation sites (N-methyl/N-ethyl adjacent to an activating group) is 1. The number of hydrogen-bond acceptors (Lipinski definition) is 3. The van der Waals surface area contributed by atoms with Crippen LogP contribution in [0.2, 0.25) is 0 Å². The van der Waals surface area contributed by atoms with E-state index in [0.29, 0.717) is 0 Å². The van der Waals surface area contributed by atoms with Crippen molar-refractivity contribution in [3.63, 3.8) is 0 Å². The van der Waals surface area contributed by atoms with Gasteiger partial charge in [-0.15, -0.1) is 11.8 Å². The number of carbonyl (C=O) groups is 1. The Kier molecular flexibility index (Phi) is 4.06. The molecular formula is C9H18N2OS. The Bertz CT molecular complexity index is 178. The molecule has 0 bridgehead atoms. The van der Waals surface area contributed by atoms with E-state index in [9.17, 15) is 4.79 Å². The summed E-state index contributed by atoms with van der Waals surface area (Å²) in [4.78, 5) is 11.7. The number of thioether (sulfide) groups is 1. The molecule has 1 rings (SSSR count). The van der Waals surface area contributed by atoms with Crippen LogP contribution in [-0.2, 0) is 4.79 Å². The van der Waals surface area contributed by atoms with Crippen LogP contribution >= 0.6 is 11.8 Å². The van der Waals surface area contributed by atoms with E-state index < -0.39 is 0 Å². The Balaban J connectivity index is 2.29. The second-order valence-corrected chi connectivity index (χ2v) is 5.14. The van der Waals surface area contributed by atoms with E-state index in [-0.39, 0.29) is 10.7 Å². The second kappa shape index (κ2) is 4.86. The molecule has 1 amide bonds. The Morgan fingerprint density at radius 3 is 2.85 bits per heavy atom. The summed E-state index contributed by atoms with van der Waals surface area (Å²) in [7, 11) is 1.89. The fourth-order valence-electron chi connectivity index (χ4n) is 1.45. The lowest BCUT2D eigenvalue weighted by Gasteiger charge is -2.21. The molecule has 0 aromatic carbocycles. The predicted molar refractivity (Wildman–Crippen MR) is 57.0 cm³/mol. The molecule has 1 unspecified atom stereocenters. The average molecular weight is 202 g/mol. The molecule has 0 radical (unpaired) electrons. The van der Waals surface area contributed by atoms with Crippen LogP contribution in [0, 0.1) is 0 Å². The molecule has 1 aliphatic heterocycles. The first-order chi connectivity index (χ1) is 6.19. The van der Waals surface area contributed by atoms with Crippen molar-refractivity contribution >= 4 is 17.7 Å². The molecule has 0 saturated carbocycles. The first-order valence-corrected chi connectivity index (χ1v) is 5.74. The molecule has 2 N–H and O–H groups in total. The van der Waals surface area contributed by atoms with Crippen molar-refractivity contribution in [2.24, 2.45) is 0 Å². The van der Waals surface area contributed by atoms with Crippen molar-refractivity contribution < 1.29 is 4.79 Å². The molecule has 13 heavy (non-hydrogen) atoms. The number of rotatable bonds is 4. The minimum atomic E-state index is -0.159. The third-order valence-corrected chi connectivity index (χ3v) is 3.88. The molecule has 1 saturated heterocycles. The molecular weight excluding hydrogens is 184 g/mol. The maximum absolute atomic E-state index is 11.7. The highest BCUT2D eigenvalue weighted by Gasteiger charge is 2.36. The molecule has 0 aromatic rings. The number of carbonyl (C=O) groups excluding carboxylic acids is 1. The molecule has 1 heterocycles. The number of nitrogens with one attached hydrogen (secondary N) is 2. The molecule has 1 fully saturated rings. The monoisotopic (exact) mass is 202 g/mol. The van der Waals surface area contributed by atoms with Gasteiger partial charge < -0.3 is 10.6 Å². The summed E-state index contributed by atoms with van der Waals surface area (Å²) in [5.74, 6) is 1.32. The topological polar surface area (TPSA) is 41.1 Å². The van der Waals surface area contributed by atoms with Gasteiger partial charge in [0.05, 0.1) is 4.75 Å². The molecule has 1 atom stereocenters. The van der Waals surface area contributed by atoms with Gasteiger partial charge in [-0.05, 0) is 32.6 Å². The van der Waals surface area contributed by atoms with Crippen molar-refractivity contribution in [2.45, 2.75) is 24.5 Å². The number of amides is 1. The Labute approximate surface area is 84.0 Å². The van der Waals surface area contributed by atoms with Gasteiger partial charge in [0.15, 0.2) is 0 Å². The molecule has 76 valence electrons. The van der Waals surface area contributed by atoms with Crippen molar-refractivity contribution in [1.29, 1.82) is 0 Å². The molecule has 4 heteroatoms. The smallest absolute Gasteiger partial charge is 0.235 e. The zero-order valence-corrected chi connectivity index (χ0v) is 9.17. The van der Waals surface area contributed by atoms with Crippen LogP contribution in [0.1, 0.15) is 19.8 Å². The average Bonchev–Trinajstić information content (AvgIpc) is 2.54. The Morgan fingerprint density at radius 1 is 1.54 bits per heavy atom. The van der Waals surface area contributed by atoms with Gasteiger partial charge in [0.25, 0.3) is 0 Å². The van der Waals surface area contributed by atoms with Crippen LogP contribution in [0.5, 0.6) is 0 Å². The van der Waals surface area contributed by atoms with Crippen LogP contribution in [0.3, 0.4) is 0 Å². The molecule has 1 aliphatic rings. The lowest BCUT2D eigenvalue weighted by Crippen LogP contribution is -2.42. The highest BCUT2D eigenvalue weighted by molar-refractivity contribution is 8.01. The van der Waals surface area contributed by atoms with Gasteiger partial charge >= 0.3 is 0 Å². The molecule has 0 aromatic heterocycles. The van der Waals surface area contributed by atoms with Gasteiger partial charge in [0.2, 0.25) is 5.91 Å². The van der Waals surface area contributed by atoms with Gasteiger partial charge in [-0.25, -0.2) is 0 Å². The fourth-order valence-corrected chi connectivity index (χ4v) is 2.68. The molecule has 0 spiro atoms. The summed E-state index contributed by atoms with van der Waals surface area (Å²) < 4.78 is -0.159. The third kappa shape index (κ3) is 2.88. The van der Waals surface area contributed by atoms with Gasteiger partial charge in [-0.2, -0.15) is 0 Å². The standard InChI is InChI=1S/C9H18N2OS/c1-9(4-3-7-13-9)8(12)11-6-5-10-2/h10H,3-7H2,1-2H3,(H,11,12). The first kappa shape index (κ1) is 10.9. The molecule has 3 nitrogen and oxygen atoms in total. The van der Waals surface area contributed by atoms with Crippen LogP contribution < -0.4 is 10.6 Å². The zero-order chi connectivity index (χ0) is 9.73. The normalized spacial score (nSPS) is 27.5. The summed E-state index contributed by atoms with van der Waals surface area (Å²) in [6.07, 6.45) is 2.18. The van der Waals surface area contributed by atoms with Gasteiger partial charge in [-0.3, -0.25) is 4.79 Å². The third-order valence-electron chi connectivity index (χ3n) is 2.36. The van der Waals surface area contributed by atoms with Gasteiger partial charge in [-0.1, -0.05) is 0 Å². The van der Waals surface area contributed by atoms with E-state index in [1.807, 2.05) is 14.0 Å². The van der Waals surface area contributed by atoms with Crippen molar-refractivity contribution in [2.75, 3.05) is 25.9 Å². The van der Waals surface area contributed by atoms with E-state index in [1.165, 1.54) is 6.42 Å². The highest BCUT2D eigenvalue weighted by atomic mass is 32.2. The lowest BCUT2D eigenvalue weighted by atomic mass is 10.1. The number of hydrogen-bond donors (Lipinski definition) is 2. The summed E-state index contributed by atoms with van der Waals surface area (Å²) >= 11 is 1.78. The quantitative estimate of drug-likeness (QED) is 0.656. The van der Waals surface area contributed by atoms with E-state index in [0.717, 1.165) is 25.3 Å². The Hall–Kier alpha value is -0.220. The van der Waals surface area contributed by atoms with Crippen LogP contribution in [0.25, 0.3) is 0 Å². The van der Waals surface area contributed by atoms with Gasteiger partial charge in [0, 0.05) is 13.1 Å². The highest BCUT2D eigenvalue weighted by Crippen LogP contribution is 2.37. The van der Waals surface area contributed by atoms with Crippen molar-refractivity contribution in [3.8, 4) is 0 Å². The summed E-state index contributed by atoms with van der Waals surface area (Å²) in [6.45, 7) is 3.61. The zero-order valence-electron chi connectivity index (χ0n) is 8.35. The van der Waals surface area contributed by atoms with E-state index in [1.54, 1.807) is 11.8 Å². The SMILES string of the molecule is CNCCNC(=O)C1(C)CCCS1. The van der Waals surface area contributed by atoms with Gasteiger partial charge in [0.1, 0.15) is 0 Å². The van der Waals surface area contributed by atoms with Crippen LogP contribution in [0.15, 0.2) is 0 Å². The van der Waals surface area contributed by atoms with E-state index in [2.05, 4.69) is 10.6 Å². The molecule has 0 aliphatic carbocycles. The Morgan fingerprint density at radius 2 is 2.31 bits per heavy atom. The van der Waals surface area contributed by atoms with Crippen molar-refractivity contribution in [3.05, 3.63) is 0 Å². The maximum Gasteiger partial charge on any atom is 0.235 e. The summed E-state index contributed by atoms with van der Waals surface area (Å²) in [5, 5.41) is 5.95. The fraction of sp³-hybridized carbons (Fsp3) is 0.889. The largest absolute Gasteiger partial charge is 0.354 e. The first-order valence-electron chi connectivity index (χ1n) is 4.76. The lowest BCUT2D eigenvalue weighted by molar-refractivity contribution is -0.123. The summed E-state index contributed by atoms with van der Waals surface area (Å²) in [6, 6.07) is 0. The second-order valence-electron chi connectivity index (χ2n) is 3.54. The van der Waals surface area contributed by atoms with Crippen LogP contribution in [0.4, 0.5) is 0 Å². The van der Waals surface area contributed by atoms with E-state index >= 15 is 0 Å².